The van der Waals surface area contributed by atoms with Gasteiger partial charge < -0.3 is 9.84 Å². The number of amides is 1. The van der Waals surface area contributed by atoms with Crippen molar-refractivity contribution in [3.63, 3.8) is 0 Å². The molecule has 1 aromatic carbocycles. The van der Waals surface area contributed by atoms with Crippen LogP contribution in [0.15, 0.2) is 22.7 Å². The Morgan fingerprint density at radius 2 is 2.10 bits per heavy atom. The van der Waals surface area contributed by atoms with E-state index in [1.165, 1.54) is 5.56 Å². The van der Waals surface area contributed by atoms with Gasteiger partial charge in [-0.15, -0.1) is 0 Å². The van der Waals surface area contributed by atoms with Crippen molar-refractivity contribution < 1.29 is 9.32 Å². The minimum atomic E-state index is 0.00431. The van der Waals surface area contributed by atoms with Crippen LogP contribution in [0.5, 0.6) is 0 Å². The normalized spacial score (nSPS) is 10.6. The molecule has 0 bridgehead atoms. The van der Waals surface area contributed by atoms with Gasteiger partial charge in [-0.1, -0.05) is 11.2 Å². The number of aromatic nitrogens is 1. The summed E-state index contributed by atoms with van der Waals surface area (Å²) in [6, 6.07) is 5.90. The summed E-state index contributed by atoms with van der Waals surface area (Å²) in [7, 11) is 0. The van der Waals surface area contributed by atoms with Crippen LogP contribution in [-0.2, 0) is 11.2 Å². The second-order valence-corrected chi connectivity index (χ2v) is 5.98. The van der Waals surface area contributed by atoms with Crippen molar-refractivity contribution in [2.24, 2.45) is 0 Å². The fourth-order valence-corrected chi connectivity index (χ4v) is 2.51. The quantitative estimate of drug-likeness (QED) is 0.817. The lowest BCUT2D eigenvalue weighted by atomic mass is 10.1. The molecule has 2 rings (SSSR count). The van der Waals surface area contributed by atoms with Gasteiger partial charge in [-0.25, -0.2) is 0 Å². The molecule has 1 amide bonds. The number of benzene rings is 1. The number of carbonyl (C=O) groups is 1. The number of hydrogen-bond acceptors (Lipinski definition) is 3. The highest BCUT2D eigenvalue weighted by Crippen LogP contribution is 2.18. The molecule has 0 atom stereocenters. The van der Waals surface area contributed by atoms with Crippen molar-refractivity contribution in [1.82, 2.24) is 5.16 Å². The summed E-state index contributed by atoms with van der Waals surface area (Å²) in [4.78, 5) is 12.0. The van der Waals surface area contributed by atoms with E-state index in [4.69, 9.17) is 4.52 Å². The van der Waals surface area contributed by atoms with Gasteiger partial charge in [-0.05, 0) is 67.5 Å². The number of nitrogens with zero attached hydrogens (tertiary/aromatic N) is 1. The lowest BCUT2D eigenvalue weighted by Crippen LogP contribution is -2.12. The van der Waals surface area contributed by atoms with E-state index in [9.17, 15) is 4.79 Å². The SMILES string of the molecule is Cc1ccc(NC(=O)CCc2c(C)noc2C)cc1I. The van der Waals surface area contributed by atoms with E-state index < -0.39 is 0 Å². The van der Waals surface area contributed by atoms with Crippen LogP contribution >= 0.6 is 22.6 Å². The maximum Gasteiger partial charge on any atom is 0.224 e. The Balaban J connectivity index is 1.94. The molecule has 1 aromatic heterocycles. The van der Waals surface area contributed by atoms with Crippen molar-refractivity contribution >= 4 is 34.2 Å². The summed E-state index contributed by atoms with van der Waals surface area (Å²) in [6.07, 6.45) is 1.07. The van der Waals surface area contributed by atoms with Crippen LogP contribution in [0.25, 0.3) is 0 Å². The summed E-state index contributed by atoms with van der Waals surface area (Å²) in [5.41, 5.74) is 3.93. The zero-order valence-electron chi connectivity index (χ0n) is 11.8. The number of carbonyl (C=O) groups excluding carboxylic acids is 1. The Bertz CT molecular complexity index is 615. The van der Waals surface area contributed by atoms with Crippen molar-refractivity contribution in [1.29, 1.82) is 0 Å². The molecular formula is C15H17IN2O2. The highest BCUT2D eigenvalue weighted by atomic mass is 127. The van der Waals surface area contributed by atoms with Gasteiger partial charge in [-0.3, -0.25) is 4.79 Å². The van der Waals surface area contributed by atoms with E-state index in [0.29, 0.717) is 12.8 Å². The fourth-order valence-electron chi connectivity index (χ4n) is 1.99. The van der Waals surface area contributed by atoms with Gasteiger partial charge in [0, 0.05) is 21.2 Å². The number of nitrogens with one attached hydrogen (secondary N) is 1. The number of aryl methyl sites for hydroxylation is 3. The first-order valence-corrected chi connectivity index (χ1v) is 7.53. The Morgan fingerprint density at radius 3 is 2.70 bits per heavy atom. The molecule has 0 saturated carbocycles. The van der Waals surface area contributed by atoms with Crippen LogP contribution in [0.2, 0.25) is 0 Å². The van der Waals surface area contributed by atoms with Gasteiger partial charge in [0.05, 0.1) is 5.69 Å². The third-order valence-electron chi connectivity index (χ3n) is 3.24. The maximum absolute atomic E-state index is 12.0. The summed E-state index contributed by atoms with van der Waals surface area (Å²) >= 11 is 2.26. The summed E-state index contributed by atoms with van der Waals surface area (Å²) < 4.78 is 6.24. The van der Waals surface area contributed by atoms with Crippen LogP contribution in [0, 0.1) is 24.3 Å². The molecule has 0 radical (unpaired) electrons. The van der Waals surface area contributed by atoms with Crippen LogP contribution in [0.4, 0.5) is 5.69 Å². The molecule has 1 N–H and O–H groups in total. The molecule has 5 heteroatoms. The van der Waals surface area contributed by atoms with E-state index in [0.717, 1.165) is 26.3 Å². The topological polar surface area (TPSA) is 55.1 Å². The summed E-state index contributed by atoms with van der Waals surface area (Å²) in [5.74, 6) is 0.796. The molecule has 106 valence electrons. The molecule has 0 aliphatic carbocycles. The number of halogens is 1. The molecule has 0 aliphatic rings. The largest absolute Gasteiger partial charge is 0.361 e. The molecule has 20 heavy (non-hydrogen) atoms. The van der Waals surface area contributed by atoms with Gasteiger partial charge in [0.15, 0.2) is 0 Å². The van der Waals surface area contributed by atoms with E-state index in [1.807, 2.05) is 39.0 Å². The first kappa shape index (κ1) is 15.0. The molecule has 0 saturated heterocycles. The molecule has 2 aromatic rings. The van der Waals surface area contributed by atoms with Crippen LogP contribution in [0.3, 0.4) is 0 Å². The lowest BCUT2D eigenvalue weighted by molar-refractivity contribution is -0.116. The van der Waals surface area contributed by atoms with E-state index in [-0.39, 0.29) is 5.91 Å². The minimum absolute atomic E-state index is 0.00431. The second kappa shape index (κ2) is 6.39. The molecule has 0 spiro atoms. The average Bonchev–Trinajstić information content (AvgIpc) is 2.71. The highest BCUT2D eigenvalue weighted by molar-refractivity contribution is 14.1. The van der Waals surface area contributed by atoms with E-state index >= 15 is 0 Å². The number of rotatable bonds is 4. The zero-order valence-corrected chi connectivity index (χ0v) is 13.9. The predicted octanol–water partition coefficient (Wildman–Crippen LogP) is 3.78. The predicted molar refractivity (Wildman–Crippen MR) is 86.8 cm³/mol. The maximum atomic E-state index is 12.0. The lowest BCUT2D eigenvalue weighted by Gasteiger charge is -2.07. The molecule has 0 aliphatic heterocycles. The molecule has 1 heterocycles. The first-order valence-electron chi connectivity index (χ1n) is 6.45. The zero-order chi connectivity index (χ0) is 14.7. The van der Waals surface area contributed by atoms with Crippen LogP contribution in [-0.4, -0.2) is 11.1 Å². The van der Waals surface area contributed by atoms with Crippen molar-refractivity contribution in [3.8, 4) is 0 Å². The Kier molecular flexibility index (Phi) is 4.80. The van der Waals surface area contributed by atoms with Gasteiger partial charge in [0.25, 0.3) is 0 Å². The Hall–Kier alpha value is -1.37. The average molecular weight is 384 g/mol. The van der Waals surface area contributed by atoms with Crippen LogP contribution in [0.1, 0.15) is 29.0 Å². The summed E-state index contributed by atoms with van der Waals surface area (Å²) in [5, 5.41) is 6.81. The van der Waals surface area contributed by atoms with E-state index in [2.05, 4.69) is 33.1 Å². The minimum Gasteiger partial charge on any atom is -0.361 e. The van der Waals surface area contributed by atoms with Gasteiger partial charge in [0.2, 0.25) is 5.91 Å². The molecule has 4 nitrogen and oxygen atoms in total. The van der Waals surface area contributed by atoms with Crippen molar-refractivity contribution in [2.75, 3.05) is 5.32 Å². The number of anilines is 1. The second-order valence-electron chi connectivity index (χ2n) is 4.81. The van der Waals surface area contributed by atoms with E-state index in [1.54, 1.807) is 0 Å². The standard InChI is InChI=1S/C15H17IN2O2/c1-9-4-5-12(8-14(9)16)17-15(19)7-6-13-10(2)18-20-11(13)3/h4-5,8H,6-7H2,1-3H3,(H,17,19). The third kappa shape index (κ3) is 3.59. The molecular weight excluding hydrogens is 367 g/mol. The first-order chi connectivity index (χ1) is 9.47. The summed E-state index contributed by atoms with van der Waals surface area (Å²) in [6.45, 7) is 5.81. The highest BCUT2D eigenvalue weighted by Gasteiger charge is 2.11. The smallest absolute Gasteiger partial charge is 0.224 e. The Labute approximate surface area is 132 Å². The van der Waals surface area contributed by atoms with Crippen molar-refractivity contribution in [2.45, 2.75) is 33.6 Å². The fraction of sp³-hybridized carbons (Fsp3) is 0.333. The Morgan fingerprint density at radius 1 is 1.35 bits per heavy atom. The molecule has 0 unspecified atom stereocenters. The third-order valence-corrected chi connectivity index (χ3v) is 4.40. The van der Waals surface area contributed by atoms with Gasteiger partial charge >= 0.3 is 0 Å². The van der Waals surface area contributed by atoms with Gasteiger partial charge in [-0.2, -0.15) is 0 Å². The van der Waals surface area contributed by atoms with Gasteiger partial charge in [0.1, 0.15) is 5.76 Å². The monoisotopic (exact) mass is 384 g/mol. The number of hydrogen-bond donors (Lipinski definition) is 1. The van der Waals surface area contributed by atoms with Crippen LogP contribution < -0.4 is 5.32 Å². The molecule has 0 fully saturated rings. The van der Waals surface area contributed by atoms with Crippen molar-refractivity contribution in [3.05, 3.63) is 44.4 Å².